The van der Waals surface area contributed by atoms with Crippen molar-refractivity contribution in [2.45, 2.75) is 19.4 Å². The van der Waals surface area contributed by atoms with Crippen molar-refractivity contribution in [3.8, 4) is 29.5 Å². The molecule has 0 saturated carbocycles. The first-order valence-electron chi connectivity index (χ1n) is 9.59. The van der Waals surface area contributed by atoms with Crippen molar-refractivity contribution in [3.63, 3.8) is 0 Å². The predicted molar refractivity (Wildman–Crippen MR) is 124 cm³/mol. The average molecular weight is 539 g/mol. The van der Waals surface area contributed by atoms with E-state index >= 15 is 0 Å². The van der Waals surface area contributed by atoms with Gasteiger partial charge >= 0.3 is 0 Å². The van der Waals surface area contributed by atoms with Gasteiger partial charge in [0.1, 0.15) is 18.2 Å². The topological polar surface area (TPSA) is 130 Å². The molecule has 0 unspecified atom stereocenters. The van der Waals surface area contributed by atoms with Gasteiger partial charge in [-0.3, -0.25) is 5.10 Å². The van der Waals surface area contributed by atoms with Crippen molar-refractivity contribution in [3.05, 3.63) is 79.4 Å². The van der Waals surface area contributed by atoms with Crippen LogP contribution in [-0.2, 0) is 6.61 Å². The zero-order valence-corrected chi connectivity index (χ0v) is 19.4. The van der Waals surface area contributed by atoms with Crippen LogP contribution in [0.1, 0.15) is 33.9 Å². The fraction of sp³-hybridized carbons (Fsp3) is 0.174. The van der Waals surface area contributed by atoms with E-state index < -0.39 is 5.92 Å². The summed E-state index contributed by atoms with van der Waals surface area (Å²) < 4.78 is 18.0. The van der Waals surface area contributed by atoms with Crippen LogP contribution in [0.15, 0.2) is 47.9 Å². The molecule has 1 aromatic heterocycles. The molecule has 0 spiro atoms. The number of hydrogen-bond donors (Lipinski definition) is 2. The van der Waals surface area contributed by atoms with Crippen LogP contribution < -0.4 is 19.9 Å². The Labute approximate surface area is 198 Å². The summed E-state index contributed by atoms with van der Waals surface area (Å²) in [5.74, 6) is 0.978. The number of nitrogens with zero attached hydrogens (tertiary/aromatic N) is 3. The number of benzene rings is 2. The average Bonchev–Trinajstić information content (AvgIpc) is 3.16. The number of aromatic amines is 1. The lowest BCUT2D eigenvalue weighted by Crippen LogP contribution is -2.21. The lowest BCUT2D eigenvalue weighted by atomic mass is 9.84. The second-order valence-corrected chi connectivity index (χ2v) is 8.25. The lowest BCUT2D eigenvalue weighted by molar-refractivity contribution is 0.282. The van der Waals surface area contributed by atoms with E-state index in [1.54, 1.807) is 13.2 Å². The number of allylic oxidation sites excluding steroid dienone is 1. The van der Waals surface area contributed by atoms with Gasteiger partial charge < -0.3 is 19.9 Å². The molecule has 1 aliphatic rings. The van der Waals surface area contributed by atoms with E-state index in [4.69, 9.17) is 19.9 Å². The number of nitriles is 2. The Morgan fingerprint density at radius 1 is 1.25 bits per heavy atom. The number of nitrogens with two attached hydrogens (primary N) is 1. The van der Waals surface area contributed by atoms with Gasteiger partial charge in [-0.1, -0.05) is 18.2 Å². The number of halogens is 1. The van der Waals surface area contributed by atoms with Gasteiger partial charge in [0.2, 0.25) is 11.8 Å². The van der Waals surface area contributed by atoms with E-state index in [2.05, 4.69) is 44.9 Å². The van der Waals surface area contributed by atoms with Gasteiger partial charge in [-0.2, -0.15) is 10.5 Å². The molecule has 32 heavy (non-hydrogen) atoms. The third-order valence-corrected chi connectivity index (χ3v) is 6.03. The predicted octanol–water partition coefficient (Wildman–Crippen LogP) is 4.00. The number of aryl methyl sites for hydroxylation is 1. The number of rotatable bonds is 5. The minimum absolute atomic E-state index is 0.0268. The fourth-order valence-corrected chi connectivity index (χ4v) is 4.46. The molecular weight excluding hydrogens is 521 g/mol. The number of nitrogens with one attached hydrogen (secondary N) is 1. The summed E-state index contributed by atoms with van der Waals surface area (Å²) >= 11 is 2.17. The molecule has 160 valence electrons. The normalized spacial score (nSPS) is 14.7. The van der Waals surface area contributed by atoms with Crippen LogP contribution in [0.2, 0.25) is 0 Å². The molecule has 1 aliphatic heterocycles. The summed E-state index contributed by atoms with van der Waals surface area (Å²) in [6.07, 6.45) is 0. The Morgan fingerprint density at radius 2 is 2.03 bits per heavy atom. The molecule has 0 bridgehead atoms. The van der Waals surface area contributed by atoms with Crippen molar-refractivity contribution >= 4 is 22.6 Å². The first-order valence-corrected chi connectivity index (χ1v) is 10.7. The van der Waals surface area contributed by atoms with Crippen LogP contribution in [0.4, 0.5) is 0 Å². The highest BCUT2D eigenvalue weighted by atomic mass is 127. The Kier molecular flexibility index (Phi) is 5.93. The van der Waals surface area contributed by atoms with Crippen molar-refractivity contribution in [1.29, 1.82) is 10.5 Å². The molecule has 1 atom stereocenters. The first kappa shape index (κ1) is 21.5. The van der Waals surface area contributed by atoms with Crippen LogP contribution in [0, 0.1) is 33.2 Å². The highest BCUT2D eigenvalue weighted by Crippen LogP contribution is 2.45. The molecular formula is C23H18IN5O3. The molecule has 8 nitrogen and oxygen atoms in total. The summed E-state index contributed by atoms with van der Waals surface area (Å²) in [6, 6.07) is 15.4. The zero-order valence-electron chi connectivity index (χ0n) is 17.3. The van der Waals surface area contributed by atoms with Crippen LogP contribution >= 0.6 is 22.6 Å². The van der Waals surface area contributed by atoms with Gasteiger partial charge in [-0.05, 0) is 53.3 Å². The smallest absolute Gasteiger partial charge is 0.244 e. The minimum Gasteiger partial charge on any atom is -0.493 e. The number of hydrogen-bond acceptors (Lipinski definition) is 7. The van der Waals surface area contributed by atoms with Crippen molar-refractivity contribution < 1.29 is 14.2 Å². The Balaban J connectivity index is 1.75. The van der Waals surface area contributed by atoms with Gasteiger partial charge in [-0.25, -0.2) is 0 Å². The molecule has 9 heteroatoms. The summed E-state index contributed by atoms with van der Waals surface area (Å²) in [5.41, 5.74) is 9.99. The third-order valence-electron chi connectivity index (χ3n) is 5.22. The summed E-state index contributed by atoms with van der Waals surface area (Å²) in [7, 11) is 1.55. The highest BCUT2D eigenvalue weighted by Gasteiger charge is 2.35. The molecule has 0 saturated heterocycles. The standard InChI is InChI=1S/C23H18IN5O3/c1-12-19-20(16(10-26)22(27)32-23(19)29-28-12)15-7-17(24)21(18(8-15)30-2)31-11-14-6-4-3-5-13(14)9-25/h3-8,20H,11,27H2,1-2H3,(H,28,29)/t20-/m1/s1. The van der Waals surface area contributed by atoms with Gasteiger partial charge in [0.05, 0.1) is 28.2 Å². The van der Waals surface area contributed by atoms with E-state index in [0.717, 1.165) is 26.0 Å². The number of H-pyrrole nitrogens is 1. The molecule has 3 aromatic rings. The Hall–Kier alpha value is -3.70. The number of aromatic nitrogens is 2. The van der Waals surface area contributed by atoms with Gasteiger partial charge in [0.15, 0.2) is 11.5 Å². The third kappa shape index (κ3) is 3.72. The maximum absolute atomic E-state index is 9.77. The largest absolute Gasteiger partial charge is 0.493 e. The summed E-state index contributed by atoms with van der Waals surface area (Å²) in [6.45, 7) is 2.08. The minimum atomic E-state index is -0.460. The molecule has 2 heterocycles. The first-order chi connectivity index (χ1) is 15.5. The second kappa shape index (κ2) is 8.81. The zero-order chi connectivity index (χ0) is 22.8. The number of fused-ring (bicyclic) bond motifs is 1. The SMILES string of the molecule is COc1cc([C@@H]2C(C#N)=C(N)Oc3n[nH]c(C)c32)cc(I)c1OCc1ccccc1C#N. The molecule has 0 radical (unpaired) electrons. The van der Waals surface area contributed by atoms with E-state index in [-0.39, 0.29) is 12.5 Å². The lowest BCUT2D eigenvalue weighted by Gasteiger charge is -2.25. The molecule has 3 N–H and O–H groups in total. The van der Waals surface area contributed by atoms with Crippen LogP contribution in [-0.4, -0.2) is 17.3 Å². The summed E-state index contributed by atoms with van der Waals surface area (Å²) in [4.78, 5) is 0. The van der Waals surface area contributed by atoms with Crippen molar-refractivity contribution in [2.75, 3.05) is 7.11 Å². The monoisotopic (exact) mass is 539 g/mol. The highest BCUT2D eigenvalue weighted by molar-refractivity contribution is 14.1. The van der Waals surface area contributed by atoms with Crippen LogP contribution in [0.3, 0.4) is 0 Å². The maximum atomic E-state index is 9.77. The second-order valence-electron chi connectivity index (χ2n) is 7.08. The van der Waals surface area contributed by atoms with Crippen molar-refractivity contribution in [1.82, 2.24) is 10.2 Å². The van der Waals surface area contributed by atoms with E-state index in [0.29, 0.717) is 28.5 Å². The Morgan fingerprint density at radius 3 is 2.75 bits per heavy atom. The van der Waals surface area contributed by atoms with E-state index in [1.165, 1.54) is 0 Å². The van der Waals surface area contributed by atoms with Crippen LogP contribution in [0.5, 0.6) is 17.4 Å². The molecule has 0 amide bonds. The maximum Gasteiger partial charge on any atom is 0.244 e. The van der Waals surface area contributed by atoms with Crippen LogP contribution in [0.25, 0.3) is 0 Å². The molecule has 4 rings (SSSR count). The Bertz CT molecular complexity index is 1320. The van der Waals surface area contributed by atoms with Crippen molar-refractivity contribution in [2.24, 2.45) is 5.73 Å². The van der Waals surface area contributed by atoms with Gasteiger partial charge in [-0.15, -0.1) is 5.10 Å². The van der Waals surface area contributed by atoms with Gasteiger partial charge in [0, 0.05) is 16.8 Å². The number of ether oxygens (including phenoxy) is 3. The van der Waals surface area contributed by atoms with E-state index in [9.17, 15) is 10.5 Å². The molecule has 0 aliphatic carbocycles. The number of methoxy groups -OCH3 is 1. The fourth-order valence-electron chi connectivity index (χ4n) is 3.68. The quantitative estimate of drug-likeness (QED) is 0.469. The summed E-state index contributed by atoms with van der Waals surface area (Å²) in [5, 5.41) is 26.1. The van der Waals surface area contributed by atoms with Gasteiger partial charge in [0.25, 0.3) is 0 Å². The molecule has 0 fully saturated rings. The molecule has 2 aromatic carbocycles. The van der Waals surface area contributed by atoms with E-state index in [1.807, 2.05) is 37.3 Å².